The third-order valence-corrected chi connectivity index (χ3v) is 6.33. The van der Waals surface area contributed by atoms with Crippen LogP contribution in [0.5, 0.6) is 0 Å². The number of rotatable bonds is 4. The van der Waals surface area contributed by atoms with Crippen LogP contribution in [-0.2, 0) is 0 Å². The van der Waals surface area contributed by atoms with Gasteiger partial charge in [-0.2, -0.15) is 11.8 Å². The Morgan fingerprint density at radius 2 is 2.00 bits per heavy atom. The molecule has 0 amide bonds. The van der Waals surface area contributed by atoms with Gasteiger partial charge in [0, 0.05) is 21.2 Å². The summed E-state index contributed by atoms with van der Waals surface area (Å²) in [5, 5.41) is 0.620. The zero-order valence-corrected chi connectivity index (χ0v) is 15.2. The normalized spacial score (nSPS) is 17.6. The molecule has 0 aliphatic carbocycles. The van der Waals surface area contributed by atoms with Gasteiger partial charge in [-0.1, -0.05) is 41.1 Å². The first-order chi connectivity index (χ1) is 10.3. The summed E-state index contributed by atoms with van der Waals surface area (Å²) < 4.78 is 3.61. The highest BCUT2D eigenvalue weighted by Crippen LogP contribution is 2.46. The molecule has 0 bridgehead atoms. The number of hydrogen-bond acceptors (Lipinski definition) is 3. The van der Waals surface area contributed by atoms with Crippen LogP contribution in [0.3, 0.4) is 0 Å². The van der Waals surface area contributed by atoms with E-state index >= 15 is 0 Å². The summed E-state index contributed by atoms with van der Waals surface area (Å²) in [7, 11) is 0. The van der Waals surface area contributed by atoms with E-state index in [2.05, 4.69) is 87.5 Å². The lowest BCUT2D eigenvalue weighted by Crippen LogP contribution is -2.24. The summed E-state index contributed by atoms with van der Waals surface area (Å²) in [6, 6.07) is 17.3. The van der Waals surface area contributed by atoms with Crippen molar-refractivity contribution in [3.63, 3.8) is 0 Å². The lowest BCUT2D eigenvalue weighted by Gasteiger charge is -2.34. The van der Waals surface area contributed by atoms with E-state index < -0.39 is 0 Å². The highest BCUT2D eigenvalue weighted by Gasteiger charge is 2.25. The Kier molecular flexibility index (Phi) is 5.19. The number of anilines is 1. The number of thioether (sulfide) groups is 1. The predicted octanol–water partition coefficient (Wildman–Crippen LogP) is 6.16. The van der Waals surface area contributed by atoms with Gasteiger partial charge >= 0.3 is 0 Å². The van der Waals surface area contributed by atoms with Gasteiger partial charge < -0.3 is 4.31 Å². The second-order valence-electron chi connectivity index (χ2n) is 4.94. The number of benzene rings is 2. The number of nitrogens with zero attached hydrogens (tertiary/aromatic N) is 1. The molecular weight excluding hydrogens is 362 g/mol. The first kappa shape index (κ1) is 15.3. The summed E-state index contributed by atoms with van der Waals surface area (Å²) in [5.74, 6) is 1.17. The summed E-state index contributed by atoms with van der Waals surface area (Å²) in [5.41, 5.74) is 2.83. The average molecular weight is 380 g/mol. The molecule has 4 heteroatoms. The molecule has 0 N–H and O–H groups in total. The van der Waals surface area contributed by atoms with Gasteiger partial charge in [0.1, 0.15) is 0 Å². The van der Waals surface area contributed by atoms with Gasteiger partial charge in [-0.25, -0.2) is 0 Å². The van der Waals surface area contributed by atoms with Crippen LogP contribution >= 0.6 is 39.6 Å². The van der Waals surface area contributed by atoms with Gasteiger partial charge in [0.2, 0.25) is 0 Å². The van der Waals surface area contributed by atoms with Gasteiger partial charge in [-0.15, -0.1) is 0 Å². The molecule has 2 aromatic rings. The molecular formula is C17H18BrNS2. The van der Waals surface area contributed by atoms with Gasteiger partial charge in [0.15, 0.2) is 0 Å². The van der Waals surface area contributed by atoms with Crippen molar-refractivity contribution in [1.29, 1.82) is 0 Å². The van der Waals surface area contributed by atoms with Crippen LogP contribution < -0.4 is 4.31 Å². The second kappa shape index (κ2) is 7.12. The van der Waals surface area contributed by atoms with Crippen molar-refractivity contribution in [3.05, 3.63) is 58.6 Å². The largest absolute Gasteiger partial charge is 0.312 e. The summed E-state index contributed by atoms with van der Waals surface area (Å²) in [4.78, 5) is 1.30. The fraction of sp³-hybridized carbons (Fsp3) is 0.294. The van der Waals surface area contributed by atoms with Gasteiger partial charge in [-0.3, -0.25) is 0 Å². The van der Waals surface area contributed by atoms with Crippen molar-refractivity contribution < 1.29 is 0 Å². The Balaban J connectivity index is 1.89. The molecule has 1 aliphatic heterocycles. The molecule has 1 heterocycles. The number of fused-ring (bicyclic) bond motifs is 1. The minimum absolute atomic E-state index is 0.620. The van der Waals surface area contributed by atoms with E-state index in [9.17, 15) is 0 Å². The van der Waals surface area contributed by atoms with Crippen molar-refractivity contribution in [1.82, 2.24) is 0 Å². The molecule has 1 nitrogen and oxygen atoms in total. The van der Waals surface area contributed by atoms with Crippen LogP contribution in [0, 0.1) is 0 Å². The molecule has 1 aliphatic rings. The van der Waals surface area contributed by atoms with Gasteiger partial charge in [0.25, 0.3) is 0 Å². The van der Waals surface area contributed by atoms with Crippen LogP contribution in [-0.4, -0.2) is 12.3 Å². The maximum absolute atomic E-state index is 3.62. The van der Waals surface area contributed by atoms with E-state index in [1.165, 1.54) is 32.8 Å². The topological polar surface area (TPSA) is 3.24 Å². The maximum Gasteiger partial charge on any atom is 0.0517 e. The van der Waals surface area contributed by atoms with E-state index in [1.807, 2.05) is 11.9 Å². The molecule has 0 fully saturated rings. The highest BCUT2D eigenvalue weighted by molar-refractivity contribution is 9.10. The fourth-order valence-electron chi connectivity index (χ4n) is 2.60. The van der Waals surface area contributed by atoms with Crippen molar-refractivity contribution in [2.75, 3.05) is 16.6 Å². The Hall–Kier alpha value is -0.580. The number of halogens is 1. The van der Waals surface area contributed by atoms with Gasteiger partial charge in [0.05, 0.1) is 5.69 Å². The molecule has 1 unspecified atom stereocenters. The standard InChI is InChI=1S/C17H18BrNS2/c1-2-20-17-10-11-19(21-14-6-4-3-5-7-14)16-9-8-13(18)12-15(16)17/h3-9,12,17H,2,10-11H2,1H3. The zero-order chi connectivity index (χ0) is 14.7. The Morgan fingerprint density at radius 3 is 2.76 bits per heavy atom. The van der Waals surface area contributed by atoms with Gasteiger partial charge in [-0.05, 0) is 60.0 Å². The Labute approximate surface area is 143 Å². The van der Waals surface area contributed by atoms with Crippen molar-refractivity contribution in [3.8, 4) is 0 Å². The summed E-state index contributed by atoms with van der Waals surface area (Å²) in [6.45, 7) is 3.35. The first-order valence-corrected chi connectivity index (χ1v) is 9.81. The van der Waals surface area contributed by atoms with Crippen LogP contribution in [0.4, 0.5) is 5.69 Å². The van der Waals surface area contributed by atoms with E-state index in [-0.39, 0.29) is 0 Å². The molecule has 3 rings (SSSR count). The van der Waals surface area contributed by atoms with Crippen molar-refractivity contribution in [2.45, 2.75) is 23.5 Å². The molecule has 0 radical (unpaired) electrons. The second-order valence-corrected chi connectivity index (χ2v) is 8.43. The fourth-order valence-corrected chi connectivity index (χ4v) is 5.01. The maximum atomic E-state index is 3.62. The molecule has 0 saturated heterocycles. The van der Waals surface area contributed by atoms with Crippen LogP contribution in [0.25, 0.3) is 0 Å². The third kappa shape index (κ3) is 3.61. The Morgan fingerprint density at radius 1 is 1.19 bits per heavy atom. The number of hydrogen-bond donors (Lipinski definition) is 0. The smallest absolute Gasteiger partial charge is 0.0517 e. The molecule has 21 heavy (non-hydrogen) atoms. The lowest BCUT2D eigenvalue weighted by atomic mass is 10.0. The zero-order valence-electron chi connectivity index (χ0n) is 12.0. The third-order valence-electron chi connectivity index (χ3n) is 3.53. The minimum Gasteiger partial charge on any atom is -0.312 e. The minimum atomic E-state index is 0.620. The molecule has 110 valence electrons. The monoisotopic (exact) mass is 379 g/mol. The van der Waals surface area contributed by atoms with Crippen LogP contribution in [0.1, 0.15) is 24.2 Å². The molecule has 1 atom stereocenters. The quantitative estimate of drug-likeness (QED) is 0.585. The van der Waals surface area contributed by atoms with E-state index in [1.54, 1.807) is 0 Å². The molecule has 2 aromatic carbocycles. The van der Waals surface area contributed by atoms with E-state index in [0.717, 1.165) is 6.54 Å². The average Bonchev–Trinajstić information content (AvgIpc) is 2.51. The predicted molar refractivity (Wildman–Crippen MR) is 99.3 cm³/mol. The van der Waals surface area contributed by atoms with E-state index in [4.69, 9.17) is 0 Å². The first-order valence-electron chi connectivity index (χ1n) is 7.19. The Bertz CT molecular complexity index is 603. The molecule has 0 saturated carbocycles. The van der Waals surface area contributed by atoms with E-state index in [0.29, 0.717) is 5.25 Å². The summed E-state index contributed by atoms with van der Waals surface area (Å²) >= 11 is 7.52. The van der Waals surface area contributed by atoms with Crippen molar-refractivity contribution >= 4 is 45.3 Å². The highest BCUT2D eigenvalue weighted by atomic mass is 79.9. The molecule has 0 spiro atoms. The summed E-state index contributed by atoms with van der Waals surface area (Å²) in [6.07, 6.45) is 1.21. The lowest BCUT2D eigenvalue weighted by molar-refractivity contribution is 0.778. The van der Waals surface area contributed by atoms with Crippen LogP contribution in [0.2, 0.25) is 0 Å². The van der Waals surface area contributed by atoms with Crippen LogP contribution in [0.15, 0.2) is 57.9 Å². The molecule has 0 aromatic heterocycles. The SMILES string of the molecule is CCSC1CCN(Sc2ccccc2)c2ccc(Br)cc21. The van der Waals surface area contributed by atoms with Crippen molar-refractivity contribution in [2.24, 2.45) is 0 Å².